The van der Waals surface area contributed by atoms with E-state index in [1.807, 2.05) is 29.2 Å². The van der Waals surface area contributed by atoms with Crippen molar-refractivity contribution in [3.05, 3.63) is 58.2 Å². The van der Waals surface area contributed by atoms with Gasteiger partial charge in [-0.1, -0.05) is 35.9 Å². The molecule has 4 nitrogen and oxygen atoms in total. The maximum atomic E-state index is 9.79. The summed E-state index contributed by atoms with van der Waals surface area (Å²) in [5.74, 6) is 0.671. The predicted molar refractivity (Wildman–Crippen MR) is 81.3 cm³/mol. The molecule has 5 heteroatoms. The van der Waals surface area contributed by atoms with Crippen LogP contribution >= 0.6 is 11.6 Å². The van der Waals surface area contributed by atoms with Gasteiger partial charge in [-0.3, -0.25) is 0 Å². The van der Waals surface area contributed by atoms with Crippen molar-refractivity contribution in [1.82, 2.24) is 4.98 Å². The van der Waals surface area contributed by atoms with Gasteiger partial charge in [-0.25, -0.2) is 4.98 Å². The van der Waals surface area contributed by atoms with Gasteiger partial charge < -0.3 is 10.0 Å². The number of nitrogens with zero attached hydrogens (tertiary/aromatic N) is 3. The first-order valence-electron chi connectivity index (χ1n) is 6.76. The fourth-order valence-corrected chi connectivity index (χ4v) is 2.94. The van der Waals surface area contributed by atoms with Crippen LogP contribution in [0.15, 0.2) is 36.4 Å². The van der Waals surface area contributed by atoms with Crippen LogP contribution in [0.4, 0.5) is 5.82 Å². The van der Waals surface area contributed by atoms with Crippen LogP contribution in [0, 0.1) is 11.3 Å². The van der Waals surface area contributed by atoms with Gasteiger partial charge in [0.2, 0.25) is 0 Å². The number of aromatic nitrogens is 1. The maximum Gasteiger partial charge on any atom is 0.161 e. The summed E-state index contributed by atoms with van der Waals surface area (Å²) in [6.45, 7) is 0.755. The van der Waals surface area contributed by atoms with E-state index in [1.54, 1.807) is 12.1 Å². The van der Waals surface area contributed by atoms with Crippen molar-refractivity contribution in [3.8, 4) is 6.07 Å². The quantitative estimate of drug-likeness (QED) is 0.926. The van der Waals surface area contributed by atoms with Crippen molar-refractivity contribution in [1.29, 1.82) is 5.26 Å². The highest BCUT2D eigenvalue weighted by atomic mass is 35.5. The lowest BCUT2D eigenvalue weighted by molar-refractivity contribution is 0.256. The standard InChI is InChI=1S/C16H14ClN3O/c17-13-5-6-16(19-14(13)9-18)20-8-7-11-3-1-2-4-12(11)15(20)10-21/h1-6,15,21H,7-8,10H2. The van der Waals surface area contributed by atoms with E-state index in [-0.39, 0.29) is 18.3 Å². The molecule has 0 radical (unpaired) electrons. The third-order valence-electron chi connectivity index (χ3n) is 3.82. The highest BCUT2D eigenvalue weighted by molar-refractivity contribution is 6.31. The molecule has 1 aliphatic rings. The fraction of sp³-hybridized carbons (Fsp3) is 0.250. The van der Waals surface area contributed by atoms with Crippen LogP contribution in [0.3, 0.4) is 0 Å². The number of benzene rings is 1. The molecule has 106 valence electrons. The van der Waals surface area contributed by atoms with Crippen molar-refractivity contribution in [2.24, 2.45) is 0 Å². The largest absolute Gasteiger partial charge is 0.394 e. The number of hydrogen-bond donors (Lipinski definition) is 1. The van der Waals surface area contributed by atoms with Gasteiger partial charge in [0.1, 0.15) is 11.9 Å². The Morgan fingerprint density at radius 1 is 1.33 bits per heavy atom. The van der Waals surface area contributed by atoms with Crippen LogP contribution in [0.5, 0.6) is 0 Å². The smallest absolute Gasteiger partial charge is 0.161 e. The van der Waals surface area contributed by atoms with Gasteiger partial charge in [-0.05, 0) is 29.7 Å². The number of rotatable bonds is 2. The average Bonchev–Trinajstić information content (AvgIpc) is 2.54. The summed E-state index contributed by atoms with van der Waals surface area (Å²) in [6, 6.07) is 13.4. The first-order chi connectivity index (χ1) is 10.2. The molecule has 1 aromatic heterocycles. The van der Waals surface area contributed by atoms with Crippen molar-refractivity contribution in [2.75, 3.05) is 18.1 Å². The molecule has 21 heavy (non-hydrogen) atoms. The van der Waals surface area contributed by atoms with Crippen LogP contribution in [0.1, 0.15) is 22.9 Å². The predicted octanol–water partition coefficient (Wildman–Crippen LogP) is 2.70. The van der Waals surface area contributed by atoms with Crippen molar-refractivity contribution >= 4 is 17.4 Å². The minimum Gasteiger partial charge on any atom is -0.394 e. The van der Waals surface area contributed by atoms with E-state index >= 15 is 0 Å². The first-order valence-corrected chi connectivity index (χ1v) is 7.14. The number of aliphatic hydroxyl groups excluding tert-OH is 1. The molecule has 2 heterocycles. The Morgan fingerprint density at radius 2 is 2.14 bits per heavy atom. The molecule has 2 aromatic rings. The Hall–Kier alpha value is -2.09. The van der Waals surface area contributed by atoms with Gasteiger partial charge in [0.25, 0.3) is 0 Å². The Bertz CT molecular complexity index is 711. The number of halogens is 1. The molecule has 0 saturated carbocycles. The zero-order valence-corrected chi connectivity index (χ0v) is 12.1. The Labute approximate surface area is 128 Å². The third kappa shape index (κ3) is 2.46. The Morgan fingerprint density at radius 3 is 2.90 bits per heavy atom. The van der Waals surface area contributed by atoms with Gasteiger partial charge in [0, 0.05) is 6.54 Å². The molecule has 1 aliphatic heterocycles. The molecular formula is C16H14ClN3O. The van der Waals surface area contributed by atoms with E-state index in [2.05, 4.69) is 11.1 Å². The van der Waals surface area contributed by atoms with Crippen LogP contribution in [0.2, 0.25) is 5.02 Å². The summed E-state index contributed by atoms with van der Waals surface area (Å²) in [7, 11) is 0. The number of nitriles is 1. The maximum absolute atomic E-state index is 9.79. The monoisotopic (exact) mass is 299 g/mol. The minimum absolute atomic E-state index is 0.00318. The number of pyridine rings is 1. The molecular weight excluding hydrogens is 286 g/mol. The van der Waals surface area contributed by atoms with Gasteiger partial charge in [0.15, 0.2) is 5.69 Å². The number of fused-ring (bicyclic) bond motifs is 1. The van der Waals surface area contributed by atoms with Crippen molar-refractivity contribution < 1.29 is 5.11 Å². The number of anilines is 1. The third-order valence-corrected chi connectivity index (χ3v) is 4.12. The van der Waals surface area contributed by atoms with Gasteiger partial charge in [-0.15, -0.1) is 0 Å². The minimum atomic E-state index is -0.143. The molecule has 1 atom stereocenters. The van der Waals surface area contributed by atoms with E-state index < -0.39 is 0 Å². The average molecular weight is 300 g/mol. The summed E-state index contributed by atoms with van der Waals surface area (Å²) in [5, 5.41) is 19.2. The Kier molecular flexibility index (Phi) is 3.78. The van der Waals surface area contributed by atoms with Crippen LogP contribution in [0.25, 0.3) is 0 Å². The van der Waals surface area contributed by atoms with E-state index in [0.29, 0.717) is 10.8 Å². The zero-order chi connectivity index (χ0) is 14.8. The summed E-state index contributed by atoms with van der Waals surface area (Å²) < 4.78 is 0. The molecule has 3 rings (SSSR count). The molecule has 1 N–H and O–H groups in total. The molecule has 0 bridgehead atoms. The normalized spacial score (nSPS) is 17.2. The second-order valence-electron chi connectivity index (χ2n) is 4.95. The number of hydrogen-bond acceptors (Lipinski definition) is 4. The molecule has 0 amide bonds. The molecule has 1 unspecified atom stereocenters. The van der Waals surface area contributed by atoms with Crippen LogP contribution in [-0.4, -0.2) is 23.2 Å². The second-order valence-corrected chi connectivity index (χ2v) is 5.36. The lowest BCUT2D eigenvalue weighted by Crippen LogP contribution is -2.38. The molecule has 0 aliphatic carbocycles. The molecule has 0 fully saturated rings. The summed E-state index contributed by atoms with van der Waals surface area (Å²) in [6.07, 6.45) is 0.888. The van der Waals surface area contributed by atoms with Gasteiger partial charge in [0.05, 0.1) is 17.7 Å². The second kappa shape index (κ2) is 5.72. The lowest BCUT2D eigenvalue weighted by Gasteiger charge is -2.37. The van der Waals surface area contributed by atoms with Crippen LogP contribution in [-0.2, 0) is 6.42 Å². The zero-order valence-electron chi connectivity index (χ0n) is 11.3. The topological polar surface area (TPSA) is 60.2 Å². The van der Waals surface area contributed by atoms with E-state index in [4.69, 9.17) is 16.9 Å². The summed E-state index contributed by atoms with van der Waals surface area (Å²) in [4.78, 5) is 6.33. The summed E-state index contributed by atoms with van der Waals surface area (Å²) >= 11 is 5.93. The SMILES string of the molecule is N#Cc1nc(N2CCc3ccccc3C2CO)ccc1Cl. The summed E-state index contributed by atoms with van der Waals surface area (Å²) in [5.41, 5.74) is 2.58. The first kappa shape index (κ1) is 13.9. The van der Waals surface area contributed by atoms with E-state index in [0.717, 1.165) is 18.5 Å². The van der Waals surface area contributed by atoms with Crippen LogP contribution < -0.4 is 4.90 Å². The van der Waals surface area contributed by atoms with Crippen molar-refractivity contribution in [3.63, 3.8) is 0 Å². The van der Waals surface area contributed by atoms with Gasteiger partial charge in [-0.2, -0.15) is 5.26 Å². The van der Waals surface area contributed by atoms with E-state index in [1.165, 1.54) is 5.56 Å². The molecule has 1 aromatic carbocycles. The molecule has 0 saturated heterocycles. The Balaban J connectivity index is 2.02. The van der Waals surface area contributed by atoms with E-state index in [9.17, 15) is 5.11 Å². The fourth-order valence-electron chi connectivity index (χ4n) is 2.79. The van der Waals surface area contributed by atoms with Gasteiger partial charge >= 0.3 is 0 Å². The molecule has 0 spiro atoms. The highest BCUT2D eigenvalue weighted by Crippen LogP contribution is 2.33. The van der Waals surface area contributed by atoms with Crippen molar-refractivity contribution in [2.45, 2.75) is 12.5 Å². The number of aliphatic hydroxyl groups is 1. The lowest BCUT2D eigenvalue weighted by atomic mass is 9.93. The highest BCUT2D eigenvalue weighted by Gasteiger charge is 2.27.